The van der Waals surface area contributed by atoms with Gasteiger partial charge in [-0.25, -0.2) is 15.0 Å². The Balaban J connectivity index is 1.72. The number of hydrogen-bond donors (Lipinski definition) is 3. The first kappa shape index (κ1) is 27.5. The maximum atomic E-state index is 12.7. The fourth-order valence-corrected chi connectivity index (χ4v) is 5.68. The van der Waals surface area contributed by atoms with Crippen LogP contribution in [0.5, 0.6) is 0 Å². The Morgan fingerprint density at radius 2 is 1.89 bits per heavy atom. The number of aromatic nitrogens is 4. The highest BCUT2D eigenvalue weighted by atomic mass is 31.1. The average molecular weight is 550 g/mol. The van der Waals surface area contributed by atoms with Crippen LogP contribution in [0.25, 0.3) is 11.2 Å². The molecule has 1 amide bonds. The molecule has 1 saturated heterocycles. The van der Waals surface area contributed by atoms with E-state index in [4.69, 9.17) is 13.7 Å². The van der Waals surface area contributed by atoms with Crippen LogP contribution in [0.3, 0.4) is 0 Å². The van der Waals surface area contributed by atoms with E-state index < -0.39 is 47.7 Å². The van der Waals surface area contributed by atoms with E-state index in [-0.39, 0.29) is 16.8 Å². The molecule has 0 saturated carbocycles. The predicted octanol–water partition coefficient (Wildman–Crippen LogP) is 3.13. The molecule has 2 unspecified atom stereocenters. The summed E-state index contributed by atoms with van der Waals surface area (Å²) >= 11 is 0. The van der Waals surface area contributed by atoms with Gasteiger partial charge >= 0.3 is 8.25 Å². The molecule has 14 heteroatoms. The molecular weight excluding hydrogens is 517 g/mol. The zero-order valence-electron chi connectivity index (χ0n) is 21.3. The number of fused-ring (bicyclic) bond motifs is 1. The largest absolute Gasteiger partial charge is 0.407 e. The normalized spacial score (nSPS) is 23.3. The van der Waals surface area contributed by atoms with Gasteiger partial charge in [0.05, 0.1) is 12.9 Å². The van der Waals surface area contributed by atoms with Crippen molar-refractivity contribution in [1.29, 1.82) is 0 Å². The number of aliphatic hydroxyl groups excluding tert-OH is 1. The van der Waals surface area contributed by atoms with Crippen LogP contribution in [0.1, 0.15) is 37.4 Å². The molecule has 1 aliphatic heterocycles. The Bertz CT molecular complexity index is 1280. The van der Waals surface area contributed by atoms with Crippen LogP contribution in [0, 0.1) is 0 Å². The maximum Gasteiger partial charge on any atom is 0.317 e. The molecule has 1 aromatic carbocycles. The zero-order chi connectivity index (χ0) is 27.0. The van der Waals surface area contributed by atoms with E-state index >= 15 is 0 Å². The molecule has 5 atom stereocenters. The number of imidazole rings is 1. The van der Waals surface area contributed by atoms with Crippen LogP contribution in [-0.2, 0) is 18.3 Å². The van der Waals surface area contributed by atoms with E-state index in [9.17, 15) is 19.4 Å². The van der Waals surface area contributed by atoms with Crippen molar-refractivity contribution in [3.63, 3.8) is 0 Å². The fraction of sp³-hybridized carbons (Fsp3) is 0.478. The molecule has 3 aromatic rings. The molecule has 200 valence electrons. The summed E-state index contributed by atoms with van der Waals surface area (Å²) in [5.41, 5.74) is 1.13. The van der Waals surface area contributed by atoms with Gasteiger partial charge in [0, 0.05) is 5.56 Å². The zero-order valence-corrected chi connectivity index (χ0v) is 23.3. The Hall–Kier alpha value is -2.51. The average Bonchev–Trinajstić information content (AvgIpc) is 3.40. The van der Waals surface area contributed by atoms with Gasteiger partial charge in [-0.1, -0.05) is 39.0 Å². The molecule has 1 aliphatic rings. The minimum absolute atomic E-state index is 0.183. The lowest BCUT2D eigenvalue weighted by molar-refractivity contribution is -0.0487. The molecule has 0 radical (unpaired) electrons. The summed E-state index contributed by atoms with van der Waals surface area (Å²) in [5.74, 6) is -0.141. The van der Waals surface area contributed by atoms with E-state index in [1.165, 1.54) is 12.7 Å². The monoisotopic (exact) mass is 549 g/mol. The lowest BCUT2D eigenvalue weighted by atomic mass is 10.1. The summed E-state index contributed by atoms with van der Waals surface area (Å²) in [6.45, 7) is 9.84. The van der Waals surface area contributed by atoms with Crippen molar-refractivity contribution < 1.29 is 33.0 Å². The first-order valence-electron chi connectivity index (χ1n) is 11.8. The highest BCUT2D eigenvalue weighted by Crippen LogP contribution is 2.44. The lowest BCUT2D eigenvalue weighted by Crippen LogP contribution is -2.49. The summed E-state index contributed by atoms with van der Waals surface area (Å²) in [4.78, 5) is 35.2. The standard InChI is InChI=1S/C23H32N5O7PSi/c1-23(2,3)37(4,5)35-18-17(34-36(31)32)15(11-29)33-22(18)28-13-26-16-19(24-12-25-20(16)28)27-21(30)14-9-7-6-8-10-14/h6-10,12-13,15,17-18,22,29,36H,11H2,1-5H3,(H,31,32)(H,24,25,27,30)/t15-,17-,18?,22-/m1/s1. The molecule has 3 N–H and O–H groups in total. The van der Waals surface area contributed by atoms with Gasteiger partial charge in [0.2, 0.25) is 0 Å². The number of hydrogen-bond acceptors (Lipinski definition) is 9. The van der Waals surface area contributed by atoms with Gasteiger partial charge < -0.3 is 29.0 Å². The number of aliphatic hydroxyl groups is 1. The van der Waals surface area contributed by atoms with E-state index in [0.717, 1.165) is 0 Å². The number of amides is 1. The second-order valence-electron chi connectivity index (χ2n) is 10.3. The Morgan fingerprint density at radius 3 is 2.51 bits per heavy atom. The summed E-state index contributed by atoms with van der Waals surface area (Å²) in [5, 5.41) is 12.6. The quantitative estimate of drug-likeness (QED) is 0.282. The molecule has 0 spiro atoms. The molecule has 0 bridgehead atoms. The Kier molecular flexibility index (Phi) is 7.95. The molecule has 37 heavy (non-hydrogen) atoms. The number of anilines is 1. The topological polar surface area (TPSA) is 158 Å². The summed E-state index contributed by atoms with van der Waals surface area (Å²) in [7, 11) is -5.80. The summed E-state index contributed by atoms with van der Waals surface area (Å²) in [6.07, 6.45) is -0.870. The predicted molar refractivity (Wildman–Crippen MR) is 139 cm³/mol. The number of ether oxygens (including phenoxy) is 1. The van der Waals surface area contributed by atoms with Crippen LogP contribution in [0.4, 0.5) is 5.82 Å². The van der Waals surface area contributed by atoms with Crippen molar-refractivity contribution in [3.05, 3.63) is 48.5 Å². The highest BCUT2D eigenvalue weighted by molar-refractivity contribution is 7.32. The second-order valence-corrected chi connectivity index (χ2v) is 15.8. The fourth-order valence-electron chi connectivity index (χ4n) is 3.88. The van der Waals surface area contributed by atoms with Gasteiger partial charge in [0.15, 0.2) is 31.5 Å². The number of nitrogens with zero attached hydrogens (tertiary/aromatic N) is 4. The Labute approximate surface area is 216 Å². The third-order valence-electron chi connectivity index (χ3n) is 6.84. The minimum Gasteiger partial charge on any atom is -0.407 e. The van der Waals surface area contributed by atoms with Crippen molar-refractivity contribution >= 4 is 39.5 Å². The number of carbonyl (C=O) groups excluding carboxylic acids is 1. The summed E-state index contributed by atoms with van der Waals surface area (Å²) < 4.78 is 31.4. The van der Waals surface area contributed by atoms with Gasteiger partial charge in [-0.05, 0) is 30.3 Å². The second kappa shape index (κ2) is 10.7. The molecule has 0 aliphatic carbocycles. The lowest BCUT2D eigenvalue weighted by Gasteiger charge is -2.40. The van der Waals surface area contributed by atoms with Crippen LogP contribution in [-0.4, -0.2) is 68.7 Å². The van der Waals surface area contributed by atoms with Crippen molar-refractivity contribution in [2.24, 2.45) is 0 Å². The highest BCUT2D eigenvalue weighted by Gasteiger charge is 2.52. The van der Waals surface area contributed by atoms with Crippen LogP contribution >= 0.6 is 8.25 Å². The molecule has 12 nitrogen and oxygen atoms in total. The van der Waals surface area contributed by atoms with E-state index in [0.29, 0.717) is 16.7 Å². The summed E-state index contributed by atoms with van der Waals surface area (Å²) in [6, 6.07) is 8.70. The van der Waals surface area contributed by atoms with Crippen molar-refractivity contribution in [1.82, 2.24) is 19.5 Å². The van der Waals surface area contributed by atoms with Gasteiger partial charge in [0.25, 0.3) is 5.91 Å². The Morgan fingerprint density at radius 1 is 1.19 bits per heavy atom. The molecular formula is C23H32N5O7PSi. The first-order valence-corrected chi connectivity index (χ1v) is 16.0. The van der Waals surface area contributed by atoms with E-state index in [1.54, 1.807) is 28.8 Å². The van der Waals surface area contributed by atoms with Gasteiger partial charge in [-0.3, -0.25) is 13.9 Å². The maximum absolute atomic E-state index is 12.7. The van der Waals surface area contributed by atoms with E-state index in [2.05, 4.69) is 41.0 Å². The SMILES string of the molecule is CC(C)(C)[Si](C)(C)OC1[C@H](n2cnc3c(NC(=O)c4ccccc4)ncnc32)O[C@H](CO)[C@H]1O[PH](=O)O. The van der Waals surface area contributed by atoms with Crippen molar-refractivity contribution in [2.45, 2.75) is 63.4 Å². The number of nitrogens with one attached hydrogen (secondary N) is 1. The first-order chi connectivity index (χ1) is 17.4. The van der Waals surface area contributed by atoms with Crippen LogP contribution in [0.2, 0.25) is 18.1 Å². The molecule has 4 rings (SSSR count). The van der Waals surface area contributed by atoms with Crippen molar-refractivity contribution in [2.75, 3.05) is 11.9 Å². The van der Waals surface area contributed by atoms with E-state index in [1.807, 2.05) is 19.2 Å². The van der Waals surface area contributed by atoms with Gasteiger partial charge in [-0.15, -0.1) is 0 Å². The third kappa shape index (κ3) is 5.67. The number of carbonyl (C=O) groups is 1. The number of benzene rings is 1. The van der Waals surface area contributed by atoms with Gasteiger partial charge in [0.1, 0.15) is 24.6 Å². The number of rotatable bonds is 8. The molecule has 1 fully saturated rings. The molecule has 2 aromatic heterocycles. The molecule has 3 heterocycles. The minimum atomic E-state index is -3.37. The van der Waals surface area contributed by atoms with Crippen molar-refractivity contribution in [3.8, 4) is 0 Å². The third-order valence-corrected chi connectivity index (χ3v) is 11.8. The van der Waals surface area contributed by atoms with Gasteiger partial charge in [-0.2, -0.15) is 0 Å². The van der Waals surface area contributed by atoms with Crippen LogP contribution < -0.4 is 5.32 Å². The smallest absolute Gasteiger partial charge is 0.317 e. The van der Waals surface area contributed by atoms with Crippen LogP contribution in [0.15, 0.2) is 43.0 Å².